The van der Waals surface area contributed by atoms with Crippen molar-refractivity contribution in [2.75, 3.05) is 0 Å². The normalized spacial score (nSPS) is 10.6. The second-order valence-electron chi connectivity index (χ2n) is 3.72. The third-order valence-corrected chi connectivity index (χ3v) is 2.92. The molecule has 0 bridgehead atoms. The van der Waals surface area contributed by atoms with Gasteiger partial charge in [0.15, 0.2) is 5.82 Å². The van der Waals surface area contributed by atoms with Gasteiger partial charge in [0.1, 0.15) is 0 Å². The van der Waals surface area contributed by atoms with E-state index in [1.54, 1.807) is 12.1 Å². The highest BCUT2D eigenvalue weighted by atomic mass is 79.9. The molecule has 7 heteroatoms. The van der Waals surface area contributed by atoms with Gasteiger partial charge in [-0.2, -0.15) is 4.68 Å². The molecule has 0 saturated carbocycles. The Morgan fingerprint density at radius 3 is 2.94 bits per heavy atom. The maximum Gasteiger partial charge on any atom is 0.337 e. The molecule has 0 radical (unpaired) electrons. The van der Waals surface area contributed by atoms with Gasteiger partial charge in [0.05, 0.1) is 11.3 Å². The fourth-order valence-electron chi connectivity index (χ4n) is 1.63. The number of hydrogen-bond donors (Lipinski definition) is 1. The number of halogens is 1. The van der Waals surface area contributed by atoms with Crippen LogP contribution in [0.25, 0.3) is 5.69 Å². The molecule has 18 heavy (non-hydrogen) atoms. The molecule has 0 fully saturated rings. The molecule has 0 unspecified atom stereocenters. The molecular formula is C11H11BrN4O2. The van der Waals surface area contributed by atoms with Crippen LogP contribution in [0.4, 0.5) is 0 Å². The SMILES string of the molecule is CCCc1nnnn1-c1cc(Br)ccc1C(=O)O. The van der Waals surface area contributed by atoms with Crippen LogP contribution in [0.1, 0.15) is 29.5 Å². The van der Waals surface area contributed by atoms with E-state index in [0.29, 0.717) is 17.9 Å². The van der Waals surface area contributed by atoms with Crippen LogP contribution in [0.15, 0.2) is 22.7 Å². The van der Waals surface area contributed by atoms with Gasteiger partial charge in [-0.1, -0.05) is 22.9 Å². The van der Waals surface area contributed by atoms with E-state index in [1.165, 1.54) is 10.7 Å². The summed E-state index contributed by atoms with van der Waals surface area (Å²) in [5.74, 6) is -0.353. The lowest BCUT2D eigenvalue weighted by Crippen LogP contribution is -2.09. The fourth-order valence-corrected chi connectivity index (χ4v) is 1.98. The molecule has 0 aliphatic rings. The molecule has 2 rings (SSSR count). The summed E-state index contributed by atoms with van der Waals surface area (Å²) in [6.45, 7) is 2.01. The zero-order valence-electron chi connectivity index (χ0n) is 9.67. The topological polar surface area (TPSA) is 80.9 Å². The largest absolute Gasteiger partial charge is 0.478 e. The quantitative estimate of drug-likeness (QED) is 0.935. The number of carboxylic acids is 1. The van der Waals surface area contributed by atoms with Crippen molar-refractivity contribution in [1.82, 2.24) is 20.2 Å². The van der Waals surface area contributed by atoms with Crippen molar-refractivity contribution in [3.63, 3.8) is 0 Å². The molecule has 1 aromatic heterocycles. The van der Waals surface area contributed by atoms with Crippen LogP contribution < -0.4 is 0 Å². The van der Waals surface area contributed by atoms with Gasteiger partial charge in [-0.05, 0) is 35.0 Å². The third-order valence-electron chi connectivity index (χ3n) is 2.43. The first-order chi connectivity index (χ1) is 8.63. The molecule has 1 aromatic carbocycles. The highest BCUT2D eigenvalue weighted by Gasteiger charge is 2.16. The number of rotatable bonds is 4. The highest BCUT2D eigenvalue weighted by molar-refractivity contribution is 9.10. The van der Waals surface area contributed by atoms with E-state index in [9.17, 15) is 9.90 Å². The predicted molar refractivity (Wildman–Crippen MR) is 67.8 cm³/mol. The van der Waals surface area contributed by atoms with Crippen LogP contribution >= 0.6 is 15.9 Å². The lowest BCUT2D eigenvalue weighted by Gasteiger charge is -2.08. The van der Waals surface area contributed by atoms with Crippen LogP contribution in [-0.4, -0.2) is 31.3 Å². The monoisotopic (exact) mass is 310 g/mol. The number of benzene rings is 1. The van der Waals surface area contributed by atoms with Crippen molar-refractivity contribution >= 4 is 21.9 Å². The average Bonchev–Trinajstić information content (AvgIpc) is 2.77. The second kappa shape index (κ2) is 5.26. The average molecular weight is 311 g/mol. The highest BCUT2D eigenvalue weighted by Crippen LogP contribution is 2.21. The summed E-state index contributed by atoms with van der Waals surface area (Å²) in [6.07, 6.45) is 1.58. The van der Waals surface area contributed by atoms with Gasteiger partial charge >= 0.3 is 5.97 Å². The van der Waals surface area contributed by atoms with Crippen LogP contribution in [0.5, 0.6) is 0 Å². The number of aryl methyl sites for hydroxylation is 1. The molecule has 0 amide bonds. The van der Waals surface area contributed by atoms with Crippen LogP contribution in [-0.2, 0) is 6.42 Å². The third kappa shape index (κ3) is 2.40. The van der Waals surface area contributed by atoms with Crippen molar-refractivity contribution in [3.8, 4) is 5.69 Å². The molecule has 94 valence electrons. The molecular weight excluding hydrogens is 300 g/mol. The molecule has 1 heterocycles. The molecule has 6 nitrogen and oxygen atoms in total. The summed E-state index contributed by atoms with van der Waals surface area (Å²) in [5, 5.41) is 20.5. The summed E-state index contributed by atoms with van der Waals surface area (Å²) >= 11 is 3.32. The fraction of sp³-hybridized carbons (Fsp3) is 0.273. The summed E-state index contributed by atoms with van der Waals surface area (Å²) in [7, 11) is 0. The lowest BCUT2D eigenvalue weighted by molar-refractivity contribution is 0.0696. The number of carbonyl (C=O) groups is 1. The van der Waals surface area contributed by atoms with Gasteiger partial charge in [-0.3, -0.25) is 0 Å². The molecule has 0 saturated heterocycles. The van der Waals surface area contributed by atoms with E-state index < -0.39 is 5.97 Å². The zero-order chi connectivity index (χ0) is 13.1. The maximum absolute atomic E-state index is 11.2. The standard InChI is InChI=1S/C11H11BrN4O2/c1-2-3-10-13-14-15-16(10)9-6-7(12)4-5-8(9)11(17)18/h4-6H,2-3H2,1H3,(H,17,18). The Bertz CT molecular complexity index is 582. The van der Waals surface area contributed by atoms with Crippen molar-refractivity contribution in [1.29, 1.82) is 0 Å². The molecule has 0 aliphatic carbocycles. The number of nitrogens with zero attached hydrogens (tertiary/aromatic N) is 4. The minimum absolute atomic E-state index is 0.169. The minimum atomic E-state index is -1.00. The van der Waals surface area contributed by atoms with Crippen molar-refractivity contribution in [2.45, 2.75) is 19.8 Å². The van der Waals surface area contributed by atoms with Crippen molar-refractivity contribution in [2.24, 2.45) is 0 Å². The Hall–Kier alpha value is -1.76. The van der Waals surface area contributed by atoms with Gasteiger partial charge in [-0.25, -0.2) is 4.79 Å². The van der Waals surface area contributed by atoms with Crippen LogP contribution in [0.3, 0.4) is 0 Å². The van der Waals surface area contributed by atoms with E-state index in [2.05, 4.69) is 31.5 Å². The predicted octanol–water partition coefficient (Wildman–Crippen LogP) is 2.08. The Balaban J connectivity index is 2.58. The summed E-state index contributed by atoms with van der Waals surface area (Å²) in [6, 6.07) is 4.90. The van der Waals surface area contributed by atoms with E-state index in [-0.39, 0.29) is 5.56 Å². The first-order valence-electron chi connectivity index (χ1n) is 5.44. The Morgan fingerprint density at radius 2 is 2.28 bits per heavy atom. The number of aromatic carboxylic acids is 1. The van der Waals surface area contributed by atoms with Crippen LogP contribution in [0.2, 0.25) is 0 Å². The van der Waals surface area contributed by atoms with E-state index >= 15 is 0 Å². The first-order valence-corrected chi connectivity index (χ1v) is 6.23. The molecule has 1 N–H and O–H groups in total. The summed E-state index contributed by atoms with van der Waals surface area (Å²) in [5.41, 5.74) is 0.633. The first kappa shape index (κ1) is 12.7. The van der Waals surface area contributed by atoms with Gasteiger partial charge in [0, 0.05) is 10.9 Å². The number of tetrazole rings is 1. The summed E-state index contributed by atoms with van der Waals surface area (Å²) in [4.78, 5) is 11.2. The molecule has 0 aliphatic heterocycles. The number of aromatic nitrogens is 4. The van der Waals surface area contributed by atoms with Crippen LogP contribution in [0, 0.1) is 0 Å². The molecule has 0 atom stereocenters. The Labute approximate surface area is 112 Å². The minimum Gasteiger partial charge on any atom is -0.478 e. The number of carboxylic acid groups (broad SMARTS) is 1. The van der Waals surface area contributed by atoms with Crippen molar-refractivity contribution < 1.29 is 9.90 Å². The molecule has 2 aromatic rings. The zero-order valence-corrected chi connectivity index (χ0v) is 11.3. The van der Waals surface area contributed by atoms with Gasteiger partial charge in [0.2, 0.25) is 0 Å². The van der Waals surface area contributed by atoms with E-state index in [0.717, 1.165) is 10.9 Å². The Morgan fingerprint density at radius 1 is 1.50 bits per heavy atom. The van der Waals surface area contributed by atoms with Crippen molar-refractivity contribution in [3.05, 3.63) is 34.1 Å². The van der Waals surface area contributed by atoms with Gasteiger partial charge < -0.3 is 5.11 Å². The number of hydrogen-bond acceptors (Lipinski definition) is 4. The maximum atomic E-state index is 11.2. The van der Waals surface area contributed by atoms with Gasteiger partial charge in [0.25, 0.3) is 0 Å². The molecule has 0 spiro atoms. The van der Waals surface area contributed by atoms with E-state index in [1.807, 2.05) is 6.92 Å². The summed E-state index contributed by atoms with van der Waals surface area (Å²) < 4.78 is 2.25. The smallest absolute Gasteiger partial charge is 0.337 e. The van der Waals surface area contributed by atoms with Gasteiger partial charge in [-0.15, -0.1) is 5.10 Å². The Kier molecular flexibility index (Phi) is 3.71. The second-order valence-corrected chi connectivity index (χ2v) is 4.64. The lowest BCUT2D eigenvalue weighted by atomic mass is 10.2. The van der Waals surface area contributed by atoms with E-state index in [4.69, 9.17) is 0 Å².